The van der Waals surface area contributed by atoms with E-state index < -0.39 is 30.5 Å². The summed E-state index contributed by atoms with van der Waals surface area (Å²) in [5.74, 6) is 0. The van der Waals surface area contributed by atoms with Gasteiger partial charge in [0.1, 0.15) is 5.60 Å². The van der Waals surface area contributed by atoms with Crippen molar-refractivity contribution < 1.29 is 31.9 Å². The summed E-state index contributed by atoms with van der Waals surface area (Å²) in [5, 5.41) is 0. The van der Waals surface area contributed by atoms with Crippen LogP contribution in [0.5, 0.6) is 0 Å². The Bertz CT molecular complexity index is 713. The summed E-state index contributed by atoms with van der Waals surface area (Å²) >= 11 is 3.06. The van der Waals surface area contributed by atoms with Crippen molar-refractivity contribution in [3.05, 3.63) is 33.8 Å². The van der Waals surface area contributed by atoms with Crippen molar-refractivity contribution in [1.29, 1.82) is 0 Å². The van der Waals surface area contributed by atoms with E-state index in [4.69, 9.17) is 9.26 Å². The highest BCUT2D eigenvalue weighted by atomic mass is 79.9. The van der Waals surface area contributed by atoms with Crippen molar-refractivity contribution in [2.75, 3.05) is 13.7 Å². The second-order valence-electron chi connectivity index (χ2n) is 6.43. The molecule has 154 valence electrons. The molecule has 7 nitrogen and oxygen atoms in total. The lowest BCUT2D eigenvalue weighted by Crippen LogP contribution is -2.40. The molecule has 0 radical (unpaired) electrons. The molecule has 0 fully saturated rings. The minimum atomic E-state index is -4.67. The van der Waals surface area contributed by atoms with Gasteiger partial charge in [-0.15, -0.1) is 0 Å². The van der Waals surface area contributed by atoms with Crippen molar-refractivity contribution in [2.24, 2.45) is 0 Å². The molecule has 27 heavy (non-hydrogen) atoms. The van der Waals surface area contributed by atoms with Crippen LogP contribution < -0.4 is 10.9 Å². The molecule has 1 aromatic rings. The molecular weight excluding hydrogens is 449 g/mol. The Morgan fingerprint density at radius 3 is 2.41 bits per heavy atom. The highest BCUT2D eigenvalue weighted by molar-refractivity contribution is 9.10. The molecule has 1 rings (SSSR count). The van der Waals surface area contributed by atoms with Crippen LogP contribution in [0, 0.1) is 0 Å². The maximum atomic E-state index is 14.7. The molecule has 0 aromatic heterocycles. The Labute approximate surface area is 165 Å². The zero-order valence-electron chi connectivity index (χ0n) is 15.8. The van der Waals surface area contributed by atoms with Crippen molar-refractivity contribution in [1.82, 2.24) is 10.9 Å². The summed E-state index contributed by atoms with van der Waals surface area (Å²) in [7, 11) is -3.76. The van der Waals surface area contributed by atoms with Gasteiger partial charge < -0.3 is 13.8 Å². The molecule has 11 heteroatoms. The first-order chi connectivity index (χ1) is 12.4. The number of hydrazine groups is 1. The van der Waals surface area contributed by atoms with Crippen LogP contribution in [0.3, 0.4) is 0 Å². The number of amides is 1. The fraction of sp³-hybridized carbons (Fsp3) is 0.562. The molecule has 0 bridgehead atoms. The van der Waals surface area contributed by atoms with Crippen molar-refractivity contribution in [2.45, 2.75) is 45.5 Å². The molecule has 2 N–H and O–H groups in total. The predicted molar refractivity (Wildman–Crippen MR) is 100 cm³/mol. The van der Waals surface area contributed by atoms with Crippen LogP contribution in [0.4, 0.5) is 13.6 Å². The molecule has 1 atom stereocenters. The molecule has 0 spiro atoms. The van der Waals surface area contributed by atoms with Crippen LogP contribution in [0.25, 0.3) is 0 Å². The summed E-state index contributed by atoms with van der Waals surface area (Å²) < 4.78 is 55.9. The van der Waals surface area contributed by atoms with Gasteiger partial charge in [0, 0.05) is 23.7 Å². The van der Waals surface area contributed by atoms with Gasteiger partial charge in [-0.25, -0.2) is 10.2 Å². The third-order valence-electron chi connectivity index (χ3n) is 3.12. The van der Waals surface area contributed by atoms with Crippen LogP contribution in [0.1, 0.15) is 38.8 Å². The molecule has 0 aliphatic heterocycles. The number of nitrogens with one attached hydrogen (secondary N) is 2. The molecular formula is C16H24BrF2N2O5P. The summed E-state index contributed by atoms with van der Waals surface area (Å²) in [6.07, 6.45) is -0.664. The van der Waals surface area contributed by atoms with E-state index in [9.17, 15) is 18.1 Å². The Morgan fingerprint density at radius 2 is 1.93 bits per heavy atom. The Hall–Kier alpha value is -1.06. The molecule has 0 heterocycles. The van der Waals surface area contributed by atoms with E-state index in [0.29, 0.717) is 5.56 Å². The minimum absolute atomic E-state index is 0.0287. The minimum Gasteiger partial charge on any atom is -0.443 e. The van der Waals surface area contributed by atoms with E-state index >= 15 is 0 Å². The largest absolute Gasteiger partial charge is 0.443 e. The van der Waals surface area contributed by atoms with Gasteiger partial charge in [-0.1, -0.05) is 28.1 Å². The standard InChI is InChI=1S/C16H24BrF2N2O5P/c1-6-25-27(23,24-5)16(18,19)12-8-7-11(9-13(12)17)10-20-21-14(22)26-15(2,3)4/h7-9,20H,6,10H2,1-5H3,(H,21,22). The third kappa shape index (κ3) is 6.50. The van der Waals surface area contributed by atoms with E-state index in [1.165, 1.54) is 19.1 Å². The van der Waals surface area contributed by atoms with Crippen molar-refractivity contribution >= 4 is 29.6 Å². The molecule has 0 saturated heterocycles. The number of benzene rings is 1. The third-order valence-corrected chi connectivity index (χ3v) is 5.79. The summed E-state index contributed by atoms with van der Waals surface area (Å²) in [5.41, 5.74) is 0.561. The first-order valence-electron chi connectivity index (χ1n) is 8.05. The van der Waals surface area contributed by atoms with E-state index in [1.54, 1.807) is 20.8 Å². The van der Waals surface area contributed by atoms with Crippen LogP contribution >= 0.6 is 23.5 Å². The lowest BCUT2D eigenvalue weighted by molar-refractivity contribution is 0.0401. The first-order valence-corrected chi connectivity index (χ1v) is 10.4. The van der Waals surface area contributed by atoms with Crippen LogP contribution in [0.2, 0.25) is 0 Å². The number of ether oxygens (including phenoxy) is 1. The van der Waals surface area contributed by atoms with Crippen LogP contribution in [0.15, 0.2) is 22.7 Å². The number of alkyl halides is 2. The summed E-state index contributed by atoms with van der Waals surface area (Å²) in [4.78, 5) is 11.5. The van der Waals surface area contributed by atoms with Crippen LogP contribution in [-0.2, 0) is 30.6 Å². The Balaban J connectivity index is 2.85. The monoisotopic (exact) mass is 472 g/mol. The average molecular weight is 473 g/mol. The Morgan fingerprint density at radius 1 is 1.30 bits per heavy atom. The number of hydrogen-bond donors (Lipinski definition) is 2. The second kappa shape index (κ2) is 9.43. The first kappa shape index (κ1) is 24.0. The maximum Gasteiger partial charge on any atom is 0.422 e. The van der Waals surface area contributed by atoms with E-state index in [-0.39, 0.29) is 17.6 Å². The lowest BCUT2D eigenvalue weighted by Gasteiger charge is -2.26. The molecule has 1 unspecified atom stereocenters. The zero-order valence-corrected chi connectivity index (χ0v) is 18.2. The number of hydrogen-bond acceptors (Lipinski definition) is 6. The van der Waals surface area contributed by atoms with Gasteiger partial charge in [0.15, 0.2) is 0 Å². The average Bonchev–Trinajstić information content (AvgIpc) is 2.52. The van der Waals surface area contributed by atoms with Gasteiger partial charge in [0.2, 0.25) is 0 Å². The topological polar surface area (TPSA) is 85.9 Å². The number of carbonyl (C=O) groups excluding carboxylic acids is 1. The van der Waals surface area contributed by atoms with E-state index in [0.717, 1.165) is 13.2 Å². The van der Waals surface area contributed by atoms with Gasteiger partial charge in [-0.05, 0) is 39.3 Å². The normalized spacial score (nSPS) is 14.5. The highest BCUT2D eigenvalue weighted by Gasteiger charge is 2.55. The smallest absolute Gasteiger partial charge is 0.422 e. The van der Waals surface area contributed by atoms with E-state index in [1.807, 2.05) is 0 Å². The second-order valence-corrected chi connectivity index (χ2v) is 9.47. The molecule has 0 aliphatic rings. The van der Waals surface area contributed by atoms with Gasteiger partial charge in [-0.2, -0.15) is 8.78 Å². The maximum absolute atomic E-state index is 14.7. The van der Waals surface area contributed by atoms with Gasteiger partial charge in [0.25, 0.3) is 0 Å². The molecule has 0 aliphatic carbocycles. The molecule has 1 amide bonds. The number of rotatable bonds is 8. The Kier molecular flexibility index (Phi) is 8.37. The van der Waals surface area contributed by atoms with Crippen molar-refractivity contribution in [3.63, 3.8) is 0 Å². The molecule has 0 saturated carbocycles. The van der Waals surface area contributed by atoms with Crippen molar-refractivity contribution in [3.8, 4) is 0 Å². The SMILES string of the molecule is CCOP(=O)(OC)C(F)(F)c1ccc(CNNC(=O)OC(C)(C)C)cc1Br. The summed E-state index contributed by atoms with van der Waals surface area (Å²) in [6, 6.07) is 3.95. The molecule has 1 aromatic carbocycles. The van der Waals surface area contributed by atoms with Gasteiger partial charge in [-0.3, -0.25) is 9.99 Å². The fourth-order valence-corrected chi connectivity index (χ4v) is 4.16. The summed E-state index contributed by atoms with van der Waals surface area (Å²) in [6.45, 7) is 6.59. The van der Waals surface area contributed by atoms with Gasteiger partial charge >= 0.3 is 19.4 Å². The highest BCUT2D eigenvalue weighted by Crippen LogP contribution is 2.67. The van der Waals surface area contributed by atoms with E-state index in [2.05, 4.69) is 31.3 Å². The number of carbonyl (C=O) groups is 1. The van der Waals surface area contributed by atoms with Gasteiger partial charge in [0.05, 0.1) is 6.61 Å². The quantitative estimate of drug-likeness (QED) is 0.413. The van der Waals surface area contributed by atoms with Crippen LogP contribution in [-0.4, -0.2) is 25.4 Å². The zero-order chi connectivity index (χ0) is 20.9. The predicted octanol–water partition coefficient (Wildman–Crippen LogP) is 4.90. The fourth-order valence-electron chi connectivity index (χ4n) is 2.00. The number of halogens is 3. The lowest BCUT2D eigenvalue weighted by atomic mass is 10.1.